The van der Waals surface area contributed by atoms with Gasteiger partial charge in [0.25, 0.3) is 5.91 Å². The van der Waals surface area contributed by atoms with E-state index in [1.54, 1.807) is 6.07 Å². The van der Waals surface area contributed by atoms with Crippen molar-refractivity contribution in [2.45, 2.75) is 25.0 Å². The van der Waals surface area contributed by atoms with Crippen molar-refractivity contribution in [3.05, 3.63) is 28.5 Å². The minimum absolute atomic E-state index is 0.0736. The van der Waals surface area contributed by atoms with E-state index in [9.17, 15) is 9.18 Å². The van der Waals surface area contributed by atoms with Crippen molar-refractivity contribution in [1.82, 2.24) is 0 Å². The molecule has 98 valence electrons. The summed E-state index contributed by atoms with van der Waals surface area (Å²) in [5, 5.41) is 2.52. The molecule has 18 heavy (non-hydrogen) atoms. The Kier molecular flexibility index (Phi) is 4.31. The van der Waals surface area contributed by atoms with Crippen molar-refractivity contribution in [3.63, 3.8) is 0 Å². The van der Waals surface area contributed by atoms with Gasteiger partial charge in [-0.05, 0) is 31.0 Å². The number of anilines is 1. The van der Waals surface area contributed by atoms with Gasteiger partial charge in [0.2, 0.25) is 0 Å². The van der Waals surface area contributed by atoms with Crippen LogP contribution < -0.4 is 11.1 Å². The van der Waals surface area contributed by atoms with Crippen molar-refractivity contribution in [2.24, 2.45) is 5.73 Å². The van der Waals surface area contributed by atoms with E-state index >= 15 is 0 Å². The van der Waals surface area contributed by atoms with Crippen molar-refractivity contribution in [1.29, 1.82) is 0 Å². The molecule has 0 unspecified atom stereocenters. The van der Waals surface area contributed by atoms with Crippen molar-refractivity contribution in [2.75, 3.05) is 11.9 Å². The highest BCUT2D eigenvalue weighted by Crippen LogP contribution is 2.23. The average Bonchev–Trinajstić information content (AvgIpc) is 2.81. The molecule has 6 heteroatoms. The number of benzene rings is 1. The van der Waals surface area contributed by atoms with Crippen LogP contribution in [0.25, 0.3) is 0 Å². The van der Waals surface area contributed by atoms with Crippen LogP contribution in [-0.2, 0) is 9.53 Å². The maximum atomic E-state index is 13.5. The zero-order valence-corrected chi connectivity index (χ0v) is 11.2. The number of ether oxygens (including phenoxy) is 1. The number of rotatable bonds is 3. The van der Waals surface area contributed by atoms with Crippen LogP contribution in [0.1, 0.15) is 12.8 Å². The molecule has 1 heterocycles. The Morgan fingerprint density at radius 3 is 2.94 bits per heavy atom. The highest BCUT2D eigenvalue weighted by atomic mass is 79.9. The molecule has 1 amide bonds. The molecule has 1 aromatic rings. The Bertz CT molecular complexity index is 456. The zero-order chi connectivity index (χ0) is 13.1. The van der Waals surface area contributed by atoms with Gasteiger partial charge < -0.3 is 15.8 Å². The number of nitrogens with one attached hydrogen (secondary N) is 1. The van der Waals surface area contributed by atoms with Crippen LogP contribution in [0.4, 0.5) is 10.1 Å². The molecule has 0 saturated carbocycles. The Hall–Kier alpha value is -0.980. The van der Waals surface area contributed by atoms with Gasteiger partial charge in [0.1, 0.15) is 11.9 Å². The van der Waals surface area contributed by atoms with Crippen LogP contribution in [0.15, 0.2) is 22.7 Å². The van der Waals surface area contributed by atoms with Gasteiger partial charge in [0.15, 0.2) is 0 Å². The largest absolute Gasteiger partial charge is 0.364 e. The highest BCUT2D eigenvalue weighted by molar-refractivity contribution is 9.10. The van der Waals surface area contributed by atoms with Gasteiger partial charge in [-0.2, -0.15) is 0 Å². The third-order valence-corrected chi connectivity index (χ3v) is 3.35. The third kappa shape index (κ3) is 3.07. The molecule has 1 saturated heterocycles. The molecule has 0 bridgehead atoms. The van der Waals surface area contributed by atoms with E-state index in [2.05, 4.69) is 21.2 Å². The SMILES string of the molecule is NC[C@H]1CC[C@@H](C(=O)Nc2ccc(Br)cc2F)O1. The minimum Gasteiger partial charge on any atom is -0.364 e. The molecule has 0 spiro atoms. The first kappa shape index (κ1) is 13.5. The first-order chi connectivity index (χ1) is 8.60. The van der Waals surface area contributed by atoms with Gasteiger partial charge in [0.05, 0.1) is 11.8 Å². The first-order valence-corrected chi connectivity index (χ1v) is 6.51. The number of amides is 1. The quantitative estimate of drug-likeness (QED) is 0.896. The fourth-order valence-electron chi connectivity index (χ4n) is 1.88. The Balaban J connectivity index is 1.99. The molecule has 1 aromatic carbocycles. The van der Waals surface area contributed by atoms with Gasteiger partial charge in [-0.25, -0.2) is 4.39 Å². The maximum Gasteiger partial charge on any atom is 0.253 e. The second-order valence-corrected chi connectivity index (χ2v) is 5.09. The number of hydrogen-bond acceptors (Lipinski definition) is 3. The molecule has 2 rings (SSSR count). The summed E-state index contributed by atoms with van der Waals surface area (Å²) in [7, 11) is 0. The summed E-state index contributed by atoms with van der Waals surface area (Å²) in [6.07, 6.45) is 0.764. The summed E-state index contributed by atoms with van der Waals surface area (Å²) >= 11 is 3.15. The van der Waals surface area contributed by atoms with E-state index in [1.165, 1.54) is 12.1 Å². The molecular weight excluding hydrogens is 303 g/mol. The van der Waals surface area contributed by atoms with Crippen molar-refractivity contribution < 1.29 is 13.9 Å². The molecular formula is C12H14BrFN2O2. The maximum absolute atomic E-state index is 13.5. The lowest BCUT2D eigenvalue weighted by Gasteiger charge is -2.13. The van der Waals surface area contributed by atoms with E-state index < -0.39 is 11.9 Å². The summed E-state index contributed by atoms with van der Waals surface area (Å²) in [5.74, 6) is -0.807. The molecule has 2 atom stereocenters. The zero-order valence-electron chi connectivity index (χ0n) is 9.66. The second-order valence-electron chi connectivity index (χ2n) is 4.17. The van der Waals surface area contributed by atoms with Crippen LogP contribution in [0.3, 0.4) is 0 Å². The van der Waals surface area contributed by atoms with Crippen LogP contribution >= 0.6 is 15.9 Å². The standard InChI is InChI=1S/C12H14BrFN2O2/c13-7-1-3-10(9(14)5-7)16-12(17)11-4-2-8(6-15)18-11/h1,3,5,8,11H,2,4,6,15H2,(H,16,17)/t8-,11+/m1/s1. The lowest BCUT2D eigenvalue weighted by atomic mass is 10.2. The van der Waals surface area contributed by atoms with Crippen LogP contribution in [0.2, 0.25) is 0 Å². The predicted octanol–water partition coefficient (Wildman–Crippen LogP) is 2.03. The molecule has 4 nitrogen and oxygen atoms in total. The number of carbonyl (C=O) groups excluding carboxylic acids is 1. The minimum atomic E-state index is -0.540. The summed E-state index contributed by atoms with van der Waals surface area (Å²) in [4.78, 5) is 11.9. The van der Waals surface area contributed by atoms with Crippen molar-refractivity contribution >= 4 is 27.5 Å². The molecule has 0 aliphatic carbocycles. The Labute approximate surface area is 113 Å². The lowest BCUT2D eigenvalue weighted by molar-refractivity contribution is -0.126. The predicted molar refractivity (Wildman–Crippen MR) is 69.7 cm³/mol. The number of carbonyl (C=O) groups is 1. The Morgan fingerprint density at radius 1 is 1.56 bits per heavy atom. The fraction of sp³-hybridized carbons (Fsp3) is 0.417. The monoisotopic (exact) mass is 316 g/mol. The number of hydrogen-bond donors (Lipinski definition) is 2. The molecule has 1 aliphatic rings. The van der Waals surface area contributed by atoms with E-state index in [-0.39, 0.29) is 17.7 Å². The molecule has 3 N–H and O–H groups in total. The second kappa shape index (κ2) is 5.77. The molecule has 0 radical (unpaired) electrons. The van der Waals surface area contributed by atoms with Crippen LogP contribution in [0, 0.1) is 5.82 Å². The van der Waals surface area contributed by atoms with Gasteiger partial charge >= 0.3 is 0 Å². The first-order valence-electron chi connectivity index (χ1n) is 5.71. The summed E-state index contributed by atoms with van der Waals surface area (Å²) in [6, 6.07) is 4.47. The lowest BCUT2D eigenvalue weighted by Crippen LogP contribution is -2.30. The molecule has 0 aromatic heterocycles. The number of nitrogens with two attached hydrogens (primary N) is 1. The number of halogens is 2. The van der Waals surface area contributed by atoms with Gasteiger partial charge in [-0.15, -0.1) is 0 Å². The topological polar surface area (TPSA) is 64.4 Å². The van der Waals surface area contributed by atoms with Gasteiger partial charge in [-0.1, -0.05) is 15.9 Å². The molecule has 1 aliphatic heterocycles. The average molecular weight is 317 g/mol. The van der Waals surface area contributed by atoms with E-state index in [0.29, 0.717) is 17.4 Å². The van der Waals surface area contributed by atoms with Crippen LogP contribution in [-0.4, -0.2) is 24.7 Å². The van der Waals surface area contributed by atoms with Crippen LogP contribution in [0.5, 0.6) is 0 Å². The fourth-order valence-corrected chi connectivity index (χ4v) is 2.21. The van der Waals surface area contributed by atoms with Gasteiger partial charge in [0, 0.05) is 11.0 Å². The normalized spacial score (nSPS) is 23.1. The molecule has 1 fully saturated rings. The smallest absolute Gasteiger partial charge is 0.253 e. The summed E-state index contributed by atoms with van der Waals surface area (Å²) in [6.45, 7) is 0.399. The third-order valence-electron chi connectivity index (χ3n) is 2.85. The summed E-state index contributed by atoms with van der Waals surface area (Å²) < 4.78 is 19.6. The Morgan fingerprint density at radius 2 is 2.33 bits per heavy atom. The summed E-state index contributed by atoms with van der Waals surface area (Å²) in [5.41, 5.74) is 5.62. The van der Waals surface area contributed by atoms with Gasteiger partial charge in [-0.3, -0.25) is 4.79 Å². The van der Waals surface area contributed by atoms with Crippen molar-refractivity contribution in [3.8, 4) is 0 Å². The van der Waals surface area contributed by atoms with E-state index in [0.717, 1.165) is 6.42 Å². The van der Waals surface area contributed by atoms with E-state index in [4.69, 9.17) is 10.5 Å². The van der Waals surface area contributed by atoms with E-state index in [1.807, 2.05) is 0 Å². The highest BCUT2D eigenvalue weighted by Gasteiger charge is 2.30.